The van der Waals surface area contributed by atoms with E-state index in [-0.39, 0.29) is 5.56 Å². The van der Waals surface area contributed by atoms with Gasteiger partial charge in [0.1, 0.15) is 5.75 Å². The summed E-state index contributed by atoms with van der Waals surface area (Å²) in [6, 6.07) is 10.6. The zero-order valence-electron chi connectivity index (χ0n) is 13.6. The number of carbonyl (C=O) groups is 1. The second-order valence-corrected chi connectivity index (χ2v) is 6.42. The summed E-state index contributed by atoms with van der Waals surface area (Å²) < 4.78 is 6.92. The van der Waals surface area contributed by atoms with Crippen LogP contribution in [-0.4, -0.2) is 25.6 Å². The first-order chi connectivity index (χ1) is 12.6. The molecule has 0 bridgehead atoms. The first-order valence-electron chi connectivity index (χ1n) is 7.71. The Morgan fingerprint density at radius 3 is 2.69 bits per heavy atom. The number of aromatic nitrogens is 4. The van der Waals surface area contributed by atoms with Crippen molar-refractivity contribution in [3.8, 4) is 17.1 Å². The molecule has 8 heteroatoms. The smallest absolute Gasteiger partial charge is 0.308 e. The van der Waals surface area contributed by atoms with Crippen LogP contribution in [0.1, 0.15) is 12.5 Å². The highest BCUT2D eigenvalue weighted by molar-refractivity contribution is 7.15. The summed E-state index contributed by atoms with van der Waals surface area (Å²) in [5.41, 5.74) is 1.16. The van der Waals surface area contributed by atoms with Gasteiger partial charge >= 0.3 is 5.97 Å². The number of rotatable bonds is 3. The third-order valence-corrected chi connectivity index (χ3v) is 4.54. The number of para-hydroxylation sites is 1. The molecule has 0 saturated heterocycles. The first kappa shape index (κ1) is 16.1. The van der Waals surface area contributed by atoms with Crippen LogP contribution in [0.5, 0.6) is 5.75 Å². The Balaban J connectivity index is 1.81. The monoisotopic (exact) mass is 364 g/mol. The minimum Gasteiger partial charge on any atom is -0.426 e. The highest BCUT2D eigenvalue weighted by Crippen LogP contribution is 2.19. The van der Waals surface area contributed by atoms with Gasteiger partial charge in [-0.2, -0.15) is 9.50 Å². The molecule has 0 amide bonds. The number of fused-ring (bicyclic) bond motifs is 1. The zero-order valence-corrected chi connectivity index (χ0v) is 14.4. The van der Waals surface area contributed by atoms with E-state index in [1.54, 1.807) is 48.8 Å². The van der Waals surface area contributed by atoms with Gasteiger partial charge in [-0.25, -0.2) is 0 Å². The normalized spacial score (nSPS) is 11.8. The van der Waals surface area contributed by atoms with Gasteiger partial charge in [-0.15, -0.1) is 5.10 Å². The molecule has 128 valence electrons. The van der Waals surface area contributed by atoms with Crippen LogP contribution in [0, 0.1) is 0 Å². The molecule has 7 nitrogen and oxygen atoms in total. The van der Waals surface area contributed by atoms with E-state index in [2.05, 4.69) is 15.1 Å². The lowest BCUT2D eigenvalue weighted by Gasteiger charge is -2.03. The number of thiazole rings is 1. The molecule has 0 spiro atoms. The molecule has 1 aromatic carbocycles. The van der Waals surface area contributed by atoms with E-state index >= 15 is 0 Å². The van der Waals surface area contributed by atoms with Crippen molar-refractivity contribution in [3.63, 3.8) is 0 Å². The van der Waals surface area contributed by atoms with Crippen LogP contribution in [-0.2, 0) is 4.79 Å². The van der Waals surface area contributed by atoms with Crippen molar-refractivity contribution in [3.05, 3.63) is 69.2 Å². The summed E-state index contributed by atoms with van der Waals surface area (Å²) in [4.78, 5) is 32.7. The minimum atomic E-state index is -0.419. The van der Waals surface area contributed by atoms with E-state index in [9.17, 15) is 9.59 Å². The molecule has 4 aromatic rings. The molecule has 0 unspecified atom stereocenters. The lowest BCUT2D eigenvalue weighted by Crippen LogP contribution is -2.23. The van der Waals surface area contributed by atoms with Crippen molar-refractivity contribution >= 4 is 28.3 Å². The first-order valence-corrected chi connectivity index (χ1v) is 8.52. The maximum absolute atomic E-state index is 12.6. The quantitative estimate of drug-likeness (QED) is 0.406. The topological polar surface area (TPSA) is 86.4 Å². The van der Waals surface area contributed by atoms with Crippen molar-refractivity contribution < 1.29 is 9.53 Å². The van der Waals surface area contributed by atoms with Gasteiger partial charge in [0.2, 0.25) is 4.96 Å². The number of ether oxygens (including phenoxy) is 1. The maximum atomic E-state index is 12.6. The van der Waals surface area contributed by atoms with Crippen molar-refractivity contribution in [2.75, 3.05) is 0 Å². The number of hydrogen-bond acceptors (Lipinski definition) is 7. The van der Waals surface area contributed by atoms with Crippen LogP contribution in [0.15, 0.2) is 53.6 Å². The SMILES string of the molecule is CC(=O)Oc1ccccc1/C=c1\sc2nc(-c3ccncc3)nn2c1=O. The van der Waals surface area contributed by atoms with E-state index in [1.165, 1.54) is 22.8 Å². The van der Waals surface area contributed by atoms with Crippen molar-refractivity contribution in [2.24, 2.45) is 0 Å². The summed E-state index contributed by atoms with van der Waals surface area (Å²) >= 11 is 1.23. The van der Waals surface area contributed by atoms with Gasteiger partial charge in [0.15, 0.2) is 5.82 Å². The van der Waals surface area contributed by atoms with E-state index in [0.717, 1.165) is 5.56 Å². The molecule has 0 atom stereocenters. The van der Waals surface area contributed by atoms with E-state index in [1.807, 2.05) is 6.07 Å². The van der Waals surface area contributed by atoms with E-state index in [4.69, 9.17) is 4.74 Å². The molecule has 0 aliphatic carbocycles. The van der Waals surface area contributed by atoms with Gasteiger partial charge in [-0.05, 0) is 24.3 Å². The molecule has 0 fully saturated rings. The highest BCUT2D eigenvalue weighted by atomic mass is 32.1. The molecule has 0 radical (unpaired) electrons. The van der Waals surface area contributed by atoms with Crippen LogP contribution in [0.2, 0.25) is 0 Å². The number of pyridine rings is 1. The van der Waals surface area contributed by atoms with Gasteiger partial charge in [-0.3, -0.25) is 14.6 Å². The third-order valence-electron chi connectivity index (χ3n) is 3.58. The molecule has 4 rings (SSSR count). The average molecular weight is 364 g/mol. The van der Waals surface area contributed by atoms with Gasteiger partial charge in [0.25, 0.3) is 5.56 Å². The predicted octanol–water partition coefficient (Wildman–Crippen LogP) is 1.69. The Morgan fingerprint density at radius 2 is 1.96 bits per heavy atom. The summed E-state index contributed by atoms with van der Waals surface area (Å²) in [7, 11) is 0. The Kier molecular flexibility index (Phi) is 4.02. The van der Waals surface area contributed by atoms with Crippen LogP contribution in [0.4, 0.5) is 0 Å². The summed E-state index contributed by atoms with van der Waals surface area (Å²) in [5, 5.41) is 4.29. The molecule has 3 heterocycles. The second kappa shape index (κ2) is 6.49. The average Bonchev–Trinajstić information content (AvgIpc) is 3.17. The number of nitrogens with zero attached hydrogens (tertiary/aromatic N) is 4. The van der Waals surface area contributed by atoms with Gasteiger partial charge < -0.3 is 4.74 Å². The summed E-state index contributed by atoms with van der Waals surface area (Å²) in [6.45, 7) is 1.33. The van der Waals surface area contributed by atoms with E-state index < -0.39 is 5.97 Å². The van der Waals surface area contributed by atoms with Crippen molar-refractivity contribution in [1.82, 2.24) is 19.6 Å². The Morgan fingerprint density at radius 1 is 1.19 bits per heavy atom. The predicted molar refractivity (Wildman–Crippen MR) is 96.9 cm³/mol. The molecule has 0 aliphatic heterocycles. The number of esters is 1. The fourth-order valence-corrected chi connectivity index (χ4v) is 3.34. The zero-order chi connectivity index (χ0) is 18.1. The Bertz CT molecular complexity index is 1210. The molecule has 26 heavy (non-hydrogen) atoms. The standard InChI is InChI=1S/C18H12N4O3S/c1-11(23)25-14-5-3-2-4-13(14)10-15-17(24)22-18(26-15)20-16(21-22)12-6-8-19-9-7-12/h2-10H,1H3/b15-10-. The fraction of sp³-hybridized carbons (Fsp3) is 0.0556. The van der Waals surface area contributed by atoms with Crippen molar-refractivity contribution in [1.29, 1.82) is 0 Å². The largest absolute Gasteiger partial charge is 0.426 e. The molecule has 0 aliphatic rings. The second-order valence-electron chi connectivity index (χ2n) is 5.41. The van der Waals surface area contributed by atoms with E-state index in [0.29, 0.717) is 26.6 Å². The number of hydrogen-bond donors (Lipinski definition) is 0. The number of carbonyl (C=O) groups excluding carboxylic acids is 1. The van der Waals surface area contributed by atoms with Crippen LogP contribution >= 0.6 is 11.3 Å². The van der Waals surface area contributed by atoms with Gasteiger partial charge in [-0.1, -0.05) is 29.5 Å². The third kappa shape index (κ3) is 2.98. The molecule has 0 saturated carbocycles. The molecular weight excluding hydrogens is 352 g/mol. The Hall–Kier alpha value is -3.39. The van der Waals surface area contributed by atoms with Gasteiger partial charge in [0, 0.05) is 30.4 Å². The molecule has 0 N–H and O–H groups in total. The van der Waals surface area contributed by atoms with Crippen LogP contribution in [0.25, 0.3) is 22.4 Å². The lowest BCUT2D eigenvalue weighted by atomic mass is 10.2. The maximum Gasteiger partial charge on any atom is 0.308 e. The molecule has 3 aromatic heterocycles. The summed E-state index contributed by atoms with van der Waals surface area (Å²) in [6.07, 6.45) is 4.97. The van der Waals surface area contributed by atoms with Crippen molar-refractivity contribution in [2.45, 2.75) is 6.92 Å². The highest BCUT2D eigenvalue weighted by Gasteiger charge is 2.12. The number of benzene rings is 1. The fourth-order valence-electron chi connectivity index (χ4n) is 2.45. The van der Waals surface area contributed by atoms with Gasteiger partial charge in [0.05, 0.1) is 4.53 Å². The Labute approximate surface area is 151 Å². The van der Waals surface area contributed by atoms with Crippen LogP contribution in [0.3, 0.4) is 0 Å². The lowest BCUT2D eigenvalue weighted by molar-refractivity contribution is -0.131. The summed E-state index contributed by atoms with van der Waals surface area (Å²) in [5.74, 6) is 0.455. The molecular formula is C18H12N4O3S. The van der Waals surface area contributed by atoms with Crippen LogP contribution < -0.4 is 14.8 Å². The minimum absolute atomic E-state index is 0.268.